The van der Waals surface area contributed by atoms with E-state index >= 15 is 0 Å². The molecule has 1 aromatic carbocycles. The Balaban J connectivity index is 1.67. The first-order valence-electron chi connectivity index (χ1n) is 8.44. The second-order valence-corrected chi connectivity index (χ2v) is 9.49. The van der Waals surface area contributed by atoms with Gasteiger partial charge in [0.1, 0.15) is 16.1 Å². The lowest BCUT2D eigenvalue weighted by Gasteiger charge is -2.13. The highest BCUT2D eigenvalue weighted by Crippen LogP contribution is 2.27. The average molecular weight is 407 g/mol. The van der Waals surface area contributed by atoms with Crippen LogP contribution in [0.2, 0.25) is 0 Å². The quantitative estimate of drug-likeness (QED) is 0.797. The van der Waals surface area contributed by atoms with Crippen LogP contribution in [0, 0.1) is 17.1 Å². The Morgan fingerprint density at radius 2 is 1.96 bits per heavy atom. The Bertz CT molecular complexity index is 976. The van der Waals surface area contributed by atoms with E-state index in [1.807, 2.05) is 6.07 Å². The monoisotopic (exact) mass is 407 g/mol. The number of nitrogens with zero attached hydrogens (tertiary/aromatic N) is 2. The number of thiophene rings is 1. The van der Waals surface area contributed by atoms with Gasteiger partial charge in [0.2, 0.25) is 5.91 Å². The van der Waals surface area contributed by atoms with E-state index in [1.54, 1.807) is 12.1 Å². The number of benzene rings is 1. The third kappa shape index (κ3) is 4.35. The third-order valence-electron chi connectivity index (χ3n) is 4.28. The van der Waals surface area contributed by atoms with Crippen LogP contribution in [0.3, 0.4) is 0 Å². The van der Waals surface area contributed by atoms with Gasteiger partial charge in [-0.05, 0) is 31.0 Å². The number of halogens is 1. The van der Waals surface area contributed by atoms with Crippen molar-refractivity contribution in [2.24, 2.45) is 0 Å². The number of hydrogen-bond acceptors (Lipinski definition) is 5. The standard InChI is InChI=1S/C18H18FN3O3S2/c19-15-6-2-1-5-14(15)16(12-20)21-17(23)11-13-7-8-18(26-13)27(24,25)22-9-3-4-10-22/h1-2,5-8,16H,3-4,9-11H2,(H,21,23). The smallest absolute Gasteiger partial charge is 0.252 e. The van der Waals surface area contributed by atoms with Crippen molar-refractivity contribution >= 4 is 27.3 Å². The lowest BCUT2D eigenvalue weighted by atomic mass is 10.1. The number of carbonyl (C=O) groups excluding carboxylic acids is 1. The molecule has 1 amide bonds. The van der Waals surface area contributed by atoms with E-state index in [2.05, 4.69) is 5.32 Å². The molecule has 2 aromatic rings. The molecule has 1 unspecified atom stereocenters. The van der Waals surface area contributed by atoms with Gasteiger partial charge in [0, 0.05) is 23.5 Å². The molecule has 1 atom stereocenters. The van der Waals surface area contributed by atoms with Crippen LogP contribution in [0.15, 0.2) is 40.6 Å². The first-order valence-corrected chi connectivity index (χ1v) is 10.7. The molecule has 9 heteroatoms. The zero-order chi connectivity index (χ0) is 19.4. The summed E-state index contributed by atoms with van der Waals surface area (Å²) in [4.78, 5) is 12.8. The highest BCUT2D eigenvalue weighted by Gasteiger charge is 2.28. The number of sulfonamides is 1. The van der Waals surface area contributed by atoms with Gasteiger partial charge in [-0.15, -0.1) is 11.3 Å². The van der Waals surface area contributed by atoms with Crippen LogP contribution in [0.4, 0.5) is 4.39 Å². The maximum absolute atomic E-state index is 13.8. The van der Waals surface area contributed by atoms with Gasteiger partial charge >= 0.3 is 0 Å². The third-order valence-corrected chi connectivity index (χ3v) is 7.73. The van der Waals surface area contributed by atoms with E-state index in [4.69, 9.17) is 0 Å². The molecule has 1 fully saturated rings. The summed E-state index contributed by atoms with van der Waals surface area (Å²) in [6.45, 7) is 1.03. The molecule has 3 rings (SSSR count). The lowest BCUT2D eigenvalue weighted by molar-refractivity contribution is -0.120. The van der Waals surface area contributed by atoms with Crippen molar-refractivity contribution in [1.82, 2.24) is 9.62 Å². The summed E-state index contributed by atoms with van der Waals surface area (Å²) in [7, 11) is -3.51. The van der Waals surface area contributed by atoms with E-state index in [1.165, 1.54) is 28.6 Å². The van der Waals surface area contributed by atoms with Crippen LogP contribution < -0.4 is 5.32 Å². The van der Waals surface area contributed by atoms with Gasteiger partial charge in [-0.2, -0.15) is 9.57 Å². The molecule has 6 nitrogen and oxygen atoms in total. The molecule has 0 saturated carbocycles. The van der Waals surface area contributed by atoms with Crippen LogP contribution in [-0.4, -0.2) is 31.7 Å². The van der Waals surface area contributed by atoms with E-state index in [0.717, 1.165) is 24.2 Å². The molecule has 1 saturated heterocycles. The minimum atomic E-state index is -3.51. The summed E-state index contributed by atoms with van der Waals surface area (Å²) >= 11 is 1.04. The first kappa shape index (κ1) is 19.5. The summed E-state index contributed by atoms with van der Waals surface area (Å²) in [5.74, 6) is -1.05. The molecule has 1 aliphatic rings. The van der Waals surface area contributed by atoms with Crippen molar-refractivity contribution in [3.8, 4) is 6.07 Å². The maximum atomic E-state index is 13.8. The van der Waals surface area contributed by atoms with Crippen LogP contribution in [-0.2, 0) is 21.2 Å². The van der Waals surface area contributed by atoms with Crippen LogP contribution in [0.25, 0.3) is 0 Å². The van der Waals surface area contributed by atoms with Gasteiger partial charge in [-0.25, -0.2) is 12.8 Å². The normalized spacial score (nSPS) is 16.0. The van der Waals surface area contributed by atoms with Crippen molar-refractivity contribution in [1.29, 1.82) is 5.26 Å². The number of hydrogen-bond donors (Lipinski definition) is 1. The molecule has 1 N–H and O–H groups in total. The summed E-state index contributed by atoms with van der Waals surface area (Å²) in [6.07, 6.45) is 1.63. The first-order chi connectivity index (χ1) is 12.9. The van der Waals surface area contributed by atoms with E-state index in [-0.39, 0.29) is 16.2 Å². The minimum absolute atomic E-state index is 0.0766. The summed E-state index contributed by atoms with van der Waals surface area (Å²) < 4.78 is 40.5. The Morgan fingerprint density at radius 1 is 1.26 bits per heavy atom. The average Bonchev–Trinajstić information content (AvgIpc) is 3.33. The van der Waals surface area contributed by atoms with Gasteiger partial charge in [-0.1, -0.05) is 18.2 Å². The highest BCUT2D eigenvalue weighted by molar-refractivity contribution is 7.91. The van der Waals surface area contributed by atoms with E-state index in [0.29, 0.717) is 18.0 Å². The van der Waals surface area contributed by atoms with Crippen molar-refractivity contribution in [3.05, 3.63) is 52.7 Å². The lowest BCUT2D eigenvalue weighted by Crippen LogP contribution is -2.29. The summed E-state index contributed by atoms with van der Waals surface area (Å²) in [6, 6.07) is 9.61. The second kappa shape index (κ2) is 8.17. The number of rotatable bonds is 6. The fourth-order valence-corrected chi connectivity index (χ4v) is 5.93. The molecule has 0 aliphatic carbocycles. The van der Waals surface area contributed by atoms with E-state index < -0.39 is 27.8 Å². The zero-order valence-corrected chi connectivity index (χ0v) is 16.0. The van der Waals surface area contributed by atoms with Gasteiger partial charge in [0.25, 0.3) is 10.0 Å². The predicted octanol–water partition coefficient (Wildman–Crippen LogP) is 2.60. The molecular weight excluding hydrogens is 389 g/mol. The maximum Gasteiger partial charge on any atom is 0.252 e. The predicted molar refractivity (Wildman–Crippen MR) is 98.9 cm³/mol. The molecule has 0 spiro atoms. The van der Waals surface area contributed by atoms with E-state index in [9.17, 15) is 22.9 Å². The van der Waals surface area contributed by atoms with Crippen molar-refractivity contribution in [3.63, 3.8) is 0 Å². The molecule has 27 heavy (non-hydrogen) atoms. The van der Waals surface area contributed by atoms with Crippen LogP contribution in [0.5, 0.6) is 0 Å². The van der Waals surface area contributed by atoms with Crippen molar-refractivity contribution < 1.29 is 17.6 Å². The molecule has 1 aliphatic heterocycles. The number of nitrogens with one attached hydrogen (secondary N) is 1. The number of nitriles is 1. The van der Waals surface area contributed by atoms with Crippen LogP contribution >= 0.6 is 11.3 Å². The largest absolute Gasteiger partial charge is 0.336 e. The molecule has 1 aromatic heterocycles. The minimum Gasteiger partial charge on any atom is -0.336 e. The molecule has 0 radical (unpaired) electrons. The fourth-order valence-electron chi connectivity index (χ4n) is 2.91. The molecule has 0 bridgehead atoms. The van der Waals surface area contributed by atoms with Crippen molar-refractivity contribution in [2.45, 2.75) is 29.5 Å². The highest BCUT2D eigenvalue weighted by atomic mass is 32.2. The summed E-state index contributed by atoms with van der Waals surface area (Å²) in [5, 5.41) is 11.7. The fraction of sp³-hybridized carbons (Fsp3) is 0.333. The molecule has 2 heterocycles. The summed E-state index contributed by atoms with van der Waals surface area (Å²) in [5.41, 5.74) is 0.0943. The van der Waals surface area contributed by atoms with Gasteiger partial charge in [0.05, 0.1) is 12.5 Å². The molecular formula is C18H18FN3O3S2. The van der Waals surface area contributed by atoms with Gasteiger partial charge < -0.3 is 5.32 Å². The molecule has 142 valence electrons. The van der Waals surface area contributed by atoms with Gasteiger partial charge in [0.15, 0.2) is 0 Å². The van der Waals surface area contributed by atoms with Gasteiger partial charge in [-0.3, -0.25) is 4.79 Å². The van der Waals surface area contributed by atoms with Crippen molar-refractivity contribution in [2.75, 3.05) is 13.1 Å². The van der Waals surface area contributed by atoms with Crippen LogP contribution in [0.1, 0.15) is 29.3 Å². The Morgan fingerprint density at radius 3 is 2.63 bits per heavy atom. The zero-order valence-electron chi connectivity index (χ0n) is 14.4. The second-order valence-electron chi connectivity index (χ2n) is 6.16. The Labute approximate surface area is 161 Å². The Kier molecular flexibility index (Phi) is 5.89. The topological polar surface area (TPSA) is 90.3 Å². The number of carbonyl (C=O) groups is 1. The Hall–Kier alpha value is -2.28. The number of amides is 1. The SMILES string of the molecule is N#CC(NC(=O)Cc1ccc(S(=O)(=O)N2CCCC2)s1)c1ccccc1F.